The van der Waals surface area contributed by atoms with Crippen LogP contribution >= 0.6 is 0 Å². The number of H-pyrrole nitrogens is 2. The number of allylic oxidation sites excluding steroid dienone is 2. The second-order valence-corrected chi connectivity index (χ2v) is 12.0. The van der Waals surface area contributed by atoms with Gasteiger partial charge in [-0.3, -0.25) is 9.79 Å². The SMILES string of the molecule is CCC1=C2N=C(C(NC(=O)CO)=c3c(CC)c(CC)c(n3CC)=Cc3ccc([nH]3)C=c3[nH]c(c(CC)c3CC)=C2CC)C1CC. The Balaban J connectivity index is 2.08. The monoisotopic (exact) mass is 609 g/mol. The van der Waals surface area contributed by atoms with E-state index >= 15 is 0 Å². The van der Waals surface area contributed by atoms with Crippen molar-refractivity contribution in [1.82, 2.24) is 19.9 Å². The van der Waals surface area contributed by atoms with Crippen LogP contribution in [0.5, 0.6) is 0 Å². The zero-order valence-corrected chi connectivity index (χ0v) is 28.5. The van der Waals surface area contributed by atoms with Crippen LogP contribution in [-0.4, -0.2) is 37.9 Å². The fraction of sp³-hybridized carbons (Fsp3) is 0.474. The van der Waals surface area contributed by atoms with E-state index in [2.05, 4.69) is 99.5 Å². The number of rotatable bonds is 10. The molecular weight excluding hydrogens is 558 g/mol. The molecule has 45 heavy (non-hydrogen) atoms. The Bertz CT molecular complexity index is 1920. The molecule has 3 aromatic rings. The number of nitrogens with one attached hydrogen (secondary N) is 3. The van der Waals surface area contributed by atoms with E-state index in [1.807, 2.05) is 0 Å². The van der Waals surface area contributed by atoms with Gasteiger partial charge in [0.05, 0.1) is 22.5 Å². The molecule has 0 spiro atoms. The van der Waals surface area contributed by atoms with Gasteiger partial charge in [0, 0.05) is 45.5 Å². The molecule has 240 valence electrons. The molecule has 2 aliphatic heterocycles. The average molecular weight is 610 g/mol. The van der Waals surface area contributed by atoms with Gasteiger partial charge in [-0.1, -0.05) is 48.5 Å². The summed E-state index contributed by atoms with van der Waals surface area (Å²) >= 11 is 0. The summed E-state index contributed by atoms with van der Waals surface area (Å²) in [6.45, 7) is 17.8. The standard InChI is InChI=1S/C38H51N5O2/c1-9-24-26(11-3)34-30(15-7)35-27(12-4)28(13-5)36(42-35)37(41-33(45)21-44)38-29(14-6)25(10-2)32(43(38)16-8)20-23-18-17-22(39-23)19-31(24)40-34/h17-20,28,39-40,44H,9-16,21H2,1-8H3,(H,41,45). The highest BCUT2D eigenvalue weighted by Crippen LogP contribution is 2.38. The Kier molecular flexibility index (Phi) is 9.88. The van der Waals surface area contributed by atoms with Crippen LogP contribution in [0.3, 0.4) is 0 Å². The molecule has 8 bridgehead atoms. The van der Waals surface area contributed by atoms with E-state index in [0.29, 0.717) is 0 Å². The van der Waals surface area contributed by atoms with Crippen molar-refractivity contribution in [3.05, 3.63) is 78.4 Å². The molecule has 7 heteroatoms. The number of fused-ring (bicyclic) bond motifs is 7. The second kappa shape index (κ2) is 13.7. The fourth-order valence-corrected chi connectivity index (χ4v) is 7.80. The molecule has 0 saturated carbocycles. The molecule has 5 rings (SSSR count). The maximum atomic E-state index is 13.1. The maximum absolute atomic E-state index is 13.1. The third-order valence-corrected chi connectivity index (χ3v) is 9.74. The minimum Gasteiger partial charge on any atom is -0.387 e. The van der Waals surface area contributed by atoms with Gasteiger partial charge in [0.1, 0.15) is 6.61 Å². The lowest BCUT2D eigenvalue weighted by molar-refractivity contribution is -0.122. The topological polar surface area (TPSA) is 98.2 Å². The number of hydrogen-bond donors (Lipinski definition) is 4. The summed E-state index contributed by atoms with van der Waals surface area (Å²) in [6.07, 6.45) is 10.6. The quantitative estimate of drug-likeness (QED) is 0.280. The summed E-state index contributed by atoms with van der Waals surface area (Å²) < 4.78 is 2.34. The van der Waals surface area contributed by atoms with Crippen molar-refractivity contribution in [2.24, 2.45) is 10.9 Å². The number of hydrogen-bond acceptors (Lipinski definition) is 3. The van der Waals surface area contributed by atoms with E-state index in [9.17, 15) is 9.90 Å². The zero-order valence-electron chi connectivity index (χ0n) is 28.5. The molecule has 3 aromatic heterocycles. The molecule has 2 aliphatic rings. The Labute approximate surface area is 267 Å². The molecule has 1 atom stereocenters. The largest absolute Gasteiger partial charge is 0.387 e. The van der Waals surface area contributed by atoms with Gasteiger partial charge >= 0.3 is 0 Å². The van der Waals surface area contributed by atoms with Crippen molar-refractivity contribution in [3.63, 3.8) is 0 Å². The van der Waals surface area contributed by atoms with Gasteiger partial charge in [-0.15, -0.1) is 0 Å². The number of aromatic amines is 2. The van der Waals surface area contributed by atoms with Gasteiger partial charge in [-0.05, 0) is 104 Å². The van der Waals surface area contributed by atoms with Crippen molar-refractivity contribution < 1.29 is 9.90 Å². The zero-order chi connectivity index (χ0) is 32.4. The van der Waals surface area contributed by atoms with Gasteiger partial charge in [0.15, 0.2) is 0 Å². The van der Waals surface area contributed by atoms with E-state index in [4.69, 9.17) is 4.99 Å². The number of aliphatic imine (C=N–C) groups is 1. The number of carbonyl (C=O) groups excluding carboxylic acids is 1. The van der Waals surface area contributed by atoms with Crippen LogP contribution in [0.15, 0.2) is 28.4 Å². The van der Waals surface area contributed by atoms with Crippen molar-refractivity contribution in [3.8, 4) is 0 Å². The average Bonchev–Trinajstić information content (AvgIpc) is 3.81. The molecule has 7 nitrogen and oxygen atoms in total. The van der Waals surface area contributed by atoms with Crippen molar-refractivity contribution in [1.29, 1.82) is 0 Å². The van der Waals surface area contributed by atoms with Crippen LogP contribution in [0.4, 0.5) is 0 Å². The predicted octanol–water partition coefficient (Wildman–Crippen LogP) is 4.01. The maximum Gasteiger partial charge on any atom is 0.250 e. The highest BCUT2D eigenvalue weighted by molar-refractivity contribution is 6.24. The first kappa shape index (κ1) is 32.6. The molecular formula is C38H51N5O2. The molecule has 0 aliphatic carbocycles. The van der Waals surface area contributed by atoms with E-state index in [1.54, 1.807) is 0 Å². The minimum atomic E-state index is -0.582. The van der Waals surface area contributed by atoms with E-state index in [-0.39, 0.29) is 5.92 Å². The molecule has 0 radical (unpaired) electrons. The van der Waals surface area contributed by atoms with Gasteiger partial charge in [0.25, 0.3) is 0 Å². The van der Waals surface area contributed by atoms with Crippen LogP contribution in [0.25, 0.3) is 23.4 Å². The molecule has 0 aromatic carbocycles. The first-order chi connectivity index (χ1) is 21.8. The van der Waals surface area contributed by atoms with Gasteiger partial charge in [-0.25, -0.2) is 0 Å². The molecule has 0 saturated heterocycles. The van der Waals surface area contributed by atoms with Gasteiger partial charge in [0.2, 0.25) is 5.91 Å². The van der Waals surface area contributed by atoms with Crippen LogP contribution in [0, 0.1) is 5.92 Å². The van der Waals surface area contributed by atoms with Gasteiger partial charge in [-0.2, -0.15) is 0 Å². The summed E-state index contributed by atoms with van der Waals surface area (Å²) in [5, 5.41) is 17.6. The first-order valence-electron chi connectivity index (χ1n) is 17.2. The number of amides is 1. The Morgan fingerprint density at radius 1 is 0.844 bits per heavy atom. The summed E-state index contributed by atoms with van der Waals surface area (Å²) in [4.78, 5) is 26.1. The van der Waals surface area contributed by atoms with Crippen molar-refractivity contribution in [2.75, 3.05) is 6.61 Å². The van der Waals surface area contributed by atoms with Crippen LogP contribution in [0.1, 0.15) is 108 Å². The highest BCUT2D eigenvalue weighted by Gasteiger charge is 2.33. The van der Waals surface area contributed by atoms with Crippen LogP contribution < -0.4 is 26.7 Å². The van der Waals surface area contributed by atoms with Crippen LogP contribution in [-0.2, 0) is 37.0 Å². The highest BCUT2D eigenvalue weighted by atomic mass is 16.3. The summed E-state index contributed by atoms with van der Waals surface area (Å²) in [5.74, 6) is -0.363. The number of aliphatic hydroxyl groups excluding tert-OH is 1. The van der Waals surface area contributed by atoms with E-state index < -0.39 is 12.5 Å². The number of aromatic nitrogens is 3. The molecule has 5 heterocycles. The van der Waals surface area contributed by atoms with Gasteiger partial charge < -0.3 is 25.0 Å². The number of aliphatic hydroxyl groups is 1. The molecule has 0 fully saturated rings. The third-order valence-electron chi connectivity index (χ3n) is 9.74. The summed E-state index contributed by atoms with van der Waals surface area (Å²) in [5.41, 5.74) is 12.5. The molecule has 1 unspecified atom stereocenters. The number of carbonyl (C=O) groups is 1. The summed E-state index contributed by atoms with van der Waals surface area (Å²) in [6, 6.07) is 4.30. The van der Waals surface area contributed by atoms with Crippen molar-refractivity contribution >= 4 is 35.0 Å². The lowest BCUT2D eigenvalue weighted by Gasteiger charge is -2.19. The lowest BCUT2D eigenvalue weighted by atomic mass is 9.87. The van der Waals surface area contributed by atoms with Crippen LogP contribution in [0.2, 0.25) is 0 Å². The third kappa shape index (κ3) is 5.50. The minimum absolute atomic E-state index is 0.0564. The van der Waals surface area contributed by atoms with Crippen molar-refractivity contribution in [2.45, 2.75) is 107 Å². The fourth-order valence-electron chi connectivity index (χ4n) is 7.80. The first-order valence-corrected chi connectivity index (χ1v) is 17.2. The summed E-state index contributed by atoms with van der Waals surface area (Å²) in [7, 11) is 0. The normalized spacial score (nSPS) is 16.2. The van der Waals surface area contributed by atoms with E-state index in [0.717, 1.165) is 96.0 Å². The molecule has 1 amide bonds. The van der Waals surface area contributed by atoms with E-state index in [1.165, 1.54) is 38.7 Å². The Morgan fingerprint density at radius 3 is 2.07 bits per heavy atom. The molecule has 4 N–H and O–H groups in total. The predicted molar refractivity (Wildman–Crippen MR) is 186 cm³/mol. The lowest BCUT2D eigenvalue weighted by Crippen LogP contribution is -2.40. The Hall–Kier alpha value is -3.84. The Morgan fingerprint density at radius 2 is 1.51 bits per heavy atom. The second-order valence-electron chi connectivity index (χ2n) is 12.0. The smallest absolute Gasteiger partial charge is 0.250 e. The number of nitrogens with zero attached hydrogens (tertiary/aromatic N) is 2.